The van der Waals surface area contributed by atoms with Crippen LogP contribution in [0.4, 0.5) is 0 Å². The van der Waals surface area contributed by atoms with Crippen LogP contribution in [0.5, 0.6) is 0 Å². The predicted octanol–water partition coefficient (Wildman–Crippen LogP) is -2.99. The van der Waals surface area contributed by atoms with E-state index in [-0.39, 0.29) is 0 Å². The van der Waals surface area contributed by atoms with Gasteiger partial charge in [-0.3, -0.25) is 0 Å². The van der Waals surface area contributed by atoms with E-state index < -0.39 is 38.8 Å². The minimum absolute atomic E-state index is 0.330. The topological polar surface area (TPSA) is 205 Å². The van der Waals surface area contributed by atoms with E-state index >= 15 is 0 Å². The quantitative estimate of drug-likeness (QED) is 0.154. The zero-order chi connectivity index (χ0) is 17.1. The highest BCUT2D eigenvalue weighted by Crippen LogP contribution is 2.25. The van der Waals surface area contributed by atoms with E-state index in [1.54, 1.807) is 0 Å². The Kier molecular flexibility index (Phi) is 13.7. The lowest BCUT2D eigenvalue weighted by Gasteiger charge is -2.25. The van der Waals surface area contributed by atoms with Gasteiger partial charge in [0.2, 0.25) is 0 Å². The number of rotatable bonds is 9. The van der Waals surface area contributed by atoms with Gasteiger partial charge in [0, 0.05) is 0 Å². The lowest BCUT2D eigenvalue weighted by molar-refractivity contribution is -0.116. The lowest BCUT2D eigenvalue weighted by Crippen LogP contribution is -2.45. The summed E-state index contributed by atoms with van der Waals surface area (Å²) in [6.07, 6.45) is -2.80. The Hall–Kier alpha value is -0.130. The maximum absolute atomic E-state index is 9.50. The van der Waals surface area contributed by atoms with Crippen molar-refractivity contribution in [3.8, 4) is 0 Å². The van der Waals surface area contributed by atoms with Gasteiger partial charge in [0.15, 0.2) is 0 Å². The molecule has 4 atom stereocenters. The van der Waals surface area contributed by atoms with E-state index in [9.17, 15) is 15.3 Å². The molecule has 10 nitrogen and oxygen atoms in total. The van der Waals surface area contributed by atoms with Gasteiger partial charge >= 0.3 is 7.82 Å². The molecule has 1 unspecified atom stereocenters. The normalized spacial score (nSPS) is 17.4. The van der Waals surface area contributed by atoms with E-state index in [1.165, 1.54) is 0 Å². The SMILES string of the molecule is NCCCCCC(O)[C@H](O)[C@H](O)[C@H](O)CO.O=P(O)(O)O. The minimum atomic E-state index is -4.64. The number of unbranched alkanes of at least 4 members (excludes halogenated alkanes) is 2. The molecular formula is C10H26NO9P. The molecule has 11 heteroatoms. The fraction of sp³-hybridized carbons (Fsp3) is 1.00. The first kappa shape index (κ1) is 23.1. The van der Waals surface area contributed by atoms with E-state index in [0.29, 0.717) is 19.4 Å². The molecule has 0 saturated heterocycles. The molecule has 21 heavy (non-hydrogen) atoms. The molecule has 0 amide bonds. The van der Waals surface area contributed by atoms with Crippen molar-refractivity contribution in [2.45, 2.75) is 50.1 Å². The molecule has 0 aromatic heterocycles. The van der Waals surface area contributed by atoms with Gasteiger partial charge in [-0.1, -0.05) is 12.8 Å². The fourth-order valence-corrected chi connectivity index (χ4v) is 1.41. The summed E-state index contributed by atoms with van der Waals surface area (Å²) in [7, 11) is -4.64. The number of aliphatic hydroxyl groups is 5. The summed E-state index contributed by atoms with van der Waals surface area (Å²) in [5, 5.41) is 45.9. The van der Waals surface area contributed by atoms with Crippen molar-refractivity contribution in [1.29, 1.82) is 0 Å². The van der Waals surface area contributed by atoms with Gasteiger partial charge < -0.3 is 45.9 Å². The summed E-state index contributed by atoms with van der Waals surface area (Å²) in [5.74, 6) is 0. The number of phosphoric acid groups is 1. The van der Waals surface area contributed by atoms with E-state index in [4.69, 9.17) is 35.2 Å². The molecule has 0 aromatic carbocycles. The maximum Gasteiger partial charge on any atom is 0.466 e. The Labute approximate surface area is 122 Å². The molecule has 0 saturated carbocycles. The first-order chi connectivity index (χ1) is 9.54. The van der Waals surface area contributed by atoms with Crippen LogP contribution in [0, 0.1) is 0 Å². The van der Waals surface area contributed by atoms with Crippen LogP contribution in [0.1, 0.15) is 25.7 Å². The summed E-state index contributed by atoms with van der Waals surface area (Å²) >= 11 is 0. The molecule has 0 aliphatic rings. The average Bonchev–Trinajstić information content (AvgIpc) is 2.38. The molecule has 10 N–H and O–H groups in total. The molecule has 0 aliphatic heterocycles. The Balaban J connectivity index is 0. The third-order valence-electron chi connectivity index (χ3n) is 2.53. The van der Waals surface area contributed by atoms with Gasteiger partial charge in [0.25, 0.3) is 0 Å². The second kappa shape index (κ2) is 12.4. The van der Waals surface area contributed by atoms with Crippen LogP contribution in [0.15, 0.2) is 0 Å². The fourth-order valence-electron chi connectivity index (χ4n) is 1.41. The Morgan fingerprint density at radius 1 is 0.857 bits per heavy atom. The third kappa shape index (κ3) is 16.1. The van der Waals surface area contributed by atoms with Gasteiger partial charge in [-0.15, -0.1) is 0 Å². The van der Waals surface area contributed by atoms with Gasteiger partial charge in [-0.05, 0) is 19.4 Å². The van der Waals surface area contributed by atoms with Crippen LogP contribution in [0.3, 0.4) is 0 Å². The molecular weight excluding hydrogens is 309 g/mol. The third-order valence-corrected chi connectivity index (χ3v) is 2.53. The monoisotopic (exact) mass is 335 g/mol. The molecule has 0 bridgehead atoms. The van der Waals surface area contributed by atoms with Crippen LogP contribution >= 0.6 is 7.82 Å². The maximum atomic E-state index is 9.50. The summed E-state index contributed by atoms with van der Waals surface area (Å²) in [6, 6.07) is 0. The predicted molar refractivity (Wildman–Crippen MR) is 72.9 cm³/mol. The zero-order valence-corrected chi connectivity index (χ0v) is 12.5. The highest BCUT2D eigenvalue weighted by molar-refractivity contribution is 7.45. The number of nitrogens with two attached hydrogens (primary N) is 1. The Morgan fingerprint density at radius 2 is 1.29 bits per heavy atom. The molecule has 0 aromatic rings. The number of hydrogen-bond acceptors (Lipinski definition) is 7. The zero-order valence-electron chi connectivity index (χ0n) is 11.6. The van der Waals surface area contributed by atoms with Gasteiger partial charge in [0.1, 0.15) is 18.3 Å². The van der Waals surface area contributed by atoms with Crippen LogP contribution < -0.4 is 5.73 Å². The summed E-state index contributed by atoms with van der Waals surface area (Å²) < 4.78 is 8.88. The van der Waals surface area contributed by atoms with E-state index in [2.05, 4.69) is 0 Å². The van der Waals surface area contributed by atoms with Crippen molar-refractivity contribution >= 4 is 7.82 Å². The Bertz CT molecular complexity index is 279. The minimum Gasteiger partial charge on any atom is -0.394 e. The summed E-state index contributed by atoms with van der Waals surface area (Å²) in [4.78, 5) is 21.6. The molecule has 0 fully saturated rings. The van der Waals surface area contributed by atoms with E-state index in [0.717, 1.165) is 12.8 Å². The highest BCUT2D eigenvalue weighted by Gasteiger charge is 2.29. The van der Waals surface area contributed by atoms with Crippen molar-refractivity contribution in [3.05, 3.63) is 0 Å². The molecule has 0 radical (unpaired) electrons. The average molecular weight is 335 g/mol. The van der Waals surface area contributed by atoms with Gasteiger partial charge in [-0.2, -0.15) is 0 Å². The first-order valence-electron chi connectivity index (χ1n) is 6.36. The summed E-state index contributed by atoms with van der Waals surface area (Å²) in [5.41, 5.74) is 5.30. The van der Waals surface area contributed by atoms with Crippen molar-refractivity contribution in [3.63, 3.8) is 0 Å². The van der Waals surface area contributed by atoms with Crippen LogP contribution in [-0.4, -0.2) is 77.8 Å². The molecule has 0 rings (SSSR count). The van der Waals surface area contributed by atoms with E-state index in [1.807, 2.05) is 0 Å². The number of aliphatic hydroxyl groups excluding tert-OH is 5. The van der Waals surface area contributed by atoms with Crippen molar-refractivity contribution < 1.29 is 44.8 Å². The second-order valence-electron chi connectivity index (χ2n) is 4.45. The van der Waals surface area contributed by atoms with Gasteiger partial charge in [0.05, 0.1) is 12.7 Å². The lowest BCUT2D eigenvalue weighted by atomic mass is 9.99. The van der Waals surface area contributed by atoms with Crippen molar-refractivity contribution in [1.82, 2.24) is 0 Å². The molecule has 0 aliphatic carbocycles. The molecule has 0 heterocycles. The summed E-state index contributed by atoms with van der Waals surface area (Å²) in [6.45, 7) is -0.0668. The standard InChI is InChI=1S/C10H23NO5.H3O4P/c11-5-3-1-2-4-7(13)9(15)10(16)8(14)6-12;1-5(2,3)4/h7-10,12-16H,1-6,11H2;(H3,1,2,3,4)/t7?,8-,9+,10-;/m1./s1. The molecule has 0 spiro atoms. The van der Waals surface area contributed by atoms with Crippen LogP contribution in [0.25, 0.3) is 0 Å². The van der Waals surface area contributed by atoms with Gasteiger partial charge in [-0.25, -0.2) is 4.57 Å². The smallest absolute Gasteiger partial charge is 0.394 e. The second-order valence-corrected chi connectivity index (χ2v) is 5.48. The first-order valence-corrected chi connectivity index (χ1v) is 7.92. The number of hydrogen-bond donors (Lipinski definition) is 9. The highest BCUT2D eigenvalue weighted by atomic mass is 31.2. The molecule has 130 valence electrons. The van der Waals surface area contributed by atoms with Crippen molar-refractivity contribution in [2.75, 3.05) is 13.2 Å². The Morgan fingerprint density at radius 3 is 1.67 bits per heavy atom. The van der Waals surface area contributed by atoms with Crippen LogP contribution in [0.2, 0.25) is 0 Å². The largest absolute Gasteiger partial charge is 0.466 e. The van der Waals surface area contributed by atoms with Crippen LogP contribution in [-0.2, 0) is 4.57 Å². The van der Waals surface area contributed by atoms with Crippen molar-refractivity contribution in [2.24, 2.45) is 5.73 Å².